The maximum absolute atomic E-state index is 12.4. The molecule has 0 spiro atoms. The van der Waals surface area contributed by atoms with Crippen LogP contribution in [0.5, 0.6) is 5.88 Å². The first kappa shape index (κ1) is 13.3. The van der Waals surface area contributed by atoms with E-state index in [2.05, 4.69) is 9.97 Å². The molecule has 2 aliphatic heterocycles. The van der Waals surface area contributed by atoms with Crippen LogP contribution in [0.15, 0.2) is 6.33 Å². The molecule has 1 atom stereocenters. The van der Waals surface area contributed by atoms with E-state index in [4.69, 9.17) is 9.47 Å². The lowest BCUT2D eigenvalue weighted by molar-refractivity contribution is -0.140. The minimum atomic E-state index is -0.246. The van der Waals surface area contributed by atoms with Crippen molar-refractivity contribution in [1.82, 2.24) is 14.9 Å². The van der Waals surface area contributed by atoms with Crippen LogP contribution in [0.3, 0.4) is 0 Å². The van der Waals surface area contributed by atoms with Crippen LogP contribution >= 0.6 is 0 Å². The van der Waals surface area contributed by atoms with Crippen LogP contribution in [0.2, 0.25) is 0 Å². The van der Waals surface area contributed by atoms with Gasteiger partial charge in [-0.05, 0) is 19.3 Å². The van der Waals surface area contributed by atoms with E-state index in [9.17, 15) is 4.79 Å². The summed E-state index contributed by atoms with van der Waals surface area (Å²) in [5, 5.41) is 0. The smallest absolute Gasteiger partial charge is 0.251 e. The Morgan fingerprint density at radius 3 is 3.00 bits per heavy atom. The molecule has 3 rings (SSSR count). The number of fused-ring (bicyclic) bond motifs is 1. The van der Waals surface area contributed by atoms with E-state index in [1.807, 2.05) is 4.90 Å². The van der Waals surface area contributed by atoms with Gasteiger partial charge in [-0.25, -0.2) is 9.97 Å². The van der Waals surface area contributed by atoms with Crippen LogP contribution in [0.25, 0.3) is 0 Å². The molecule has 1 saturated heterocycles. The summed E-state index contributed by atoms with van der Waals surface area (Å²) in [6.07, 6.45) is 4.57. The van der Waals surface area contributed by atoms with Crippen LogP contribution in [-0.4, -0.2) is 53.7 Å². The number of hydrogen-bond acceptors (Lipinski definition) is 5. The van der Waals surface area contributed by atoms with Gasteiger partial charge in [-0.2, -0.15) is 0 Å². The number of carbonyl (C=O) groups is 1. The predicted octanol–water partition coefficient (Wildman–Crippen LogP) is 0.591. The van der Waals surface area contributed by atoms with Gasteiger partial charge in [-0.3, -0.25) is 4.79 Å². The molecule has 20 heavy (non-hydrogen) atoms. The number of aromatic nitrogens is 2. The van der Waals surface area contributed by atoms with Gasteiger partial charge in [0.05, 0.1) is 12.8 Å². The molecule has 3 heterocycles. The number of ether oxygens (including phenoxy) is 2. The second-order valence-corrected chi connectivity index (χ2v) is 5.14. The highest BCUT2D eigenvalue weighted by Crippen LogP contribution is 2.23. The van der Waals surface area contributed by atoms with Crippen molar-refractivity contribution in [2.45, 2.75) is 31.8 Å². The summed E-state index contributed by atoms with van der Waals surface area (Å²) in [6, 6.07) is 0. The van der Waals surface area contributed by atoms with Crippen LogP contribution in [0.1, 0.15) is 24.1 Å². The van der Waals surface area contributed by atoms with E-state index in [1.165, 1.54) is 6.33 Å². The van der Waals surface area contributed by atoms with Crippen LogP contribution in [0, 0.1) is 0 Å². The topological polar surface area (TPSA) is 64.6 Å². The highest BCUT2D eigenvalue weighted by Gasteiger charge is 2.30. The largest absolute Gasteiger partial charge is 0.481 e. The summed E-state index contributed by atoms with van der Waals surface area (Å²) in [5.41, 5.74) is 2.01. The quantitative estimate of drug-likeness (QED) is 0.791. The standard InChI is InChI=1S/C14H19N3O3/c1-19-13-10-4-6-17(7-5-11(10)15-9-16-13)14(18)12-3-2-8-20-12/h9,12H,2-8H2,1H3/t12-/m1/s1. The van der Waals surface area contributed by atoms with Crippen molar-refractivity contribution in [2.24, 2.45) is 0 Å². The molecule has 0 bridgehead atoms. The first-order chi connectivity index (χ1) is 9.79. The molecule has 2 aliphatic rings. The number of rotatable bonds is 2. The summed E-state index contributed by atoms with van der Waals surface area (Å²) in [7, 11) is 1.61. The average molecular weight is 277 g/mol. The van der Waals surface area contributed by atoms with Gasteiger partial charge in [0.2, 0.25) is 5.88 Å². The Kier molecular flexibility index (Phi) is 3.82. The Morgan fingerprint density at radius 2 is 2.25 bits per heavy atom. The molecule has 0 aromatic carbocycles. The summed E-state index contributed by atoms with van der Waals surface area (Å²) < 4.78 is 10.8. The fourth-order valence-corrected chi connectivity index (χ4v) is 2.87. The summed E-state index contributed by atoms with van der Waals surface area (Å²) in [4.78, 5) is 22.7. The molecule has 0 saturated carbocycles. The SMILES string of the molecule is COc1ncnc2c1CCN(C(=O)[C@H]1CCCO1)CC2. The number of hydrogen-bond donors (Lipinski definition) is 0. The zero-order valence-electron chi connectivity index (χ0n) is 11.7. The van der Waals surface area contributed by atoms with E-state index in [-0.39, 0.29) is 12.0 Å². The Hall–Kier alpha value is -1.69. The first-order valence-electron chi connectivity index (χ1n) is 7.06. The normalized spacial score (nSPS) is 22.2. The van der Waals surface area contributed by atoms with Crippen molar-refractivity contribution in [3.63, 3.8) is 0 Å². The average Bonchev–Trinajstić information content (AvgIpc) is 2.92. The first-order valence-corrected chi connectivity index (χ1v) is 7.06. The molecule has 0 unspecified atom stereocenters. The fourth-order valence-electron chi connectivity index (χ4n) is 2.87. The molecule has 1 fully saturated rings. The van der Waals surface area contributed by atoms with Crippen molar-refractivity contribution >= 4 is 5.91 Å². The van der Waals surface area contributed by atoms with Gasteiger partial charge >= 0.3 is 0 Å². The molecule has 108 valence electrons. The van der Waals surface area contributed by atoms with Gasteiger partial charge in [0, 0.05) is 31.7 Å². The van der Waals surface area contributed by atoms with Gasteiger partial charge in [0.15, 0.2) is 0 Å². The van der Waals surface area contributed by atoms with Gasteiger partial charge in [-0.1, -0.05) is 0 Å². The van der Waals surface area contributed by atoms with Crippen molar-refractivity contribution in [3.8, 4) is 5.88 Å². The fraction of sp³-hybridized carbons (Fsp3) is 0.643. The van der Waals surface area contributed by atoms with Crippen molar-refractivity contribution in [1.29, 1.82) is 0 Å². The third-order valence-electron chi connectivity index (χ3n) is 3.96. The molecule has 1 amide bonds. The zero-order valence-corrected chi connectivity index (χ0v) is 11.7. The Labute approximate surface area is 118 Å². The molecule has 6 nitrogen and oxygen atoms in total. The van der Waals surface area contributed by atoms with Crippen LogP contribution in [-0.2, 0) is 22.4 Å². The highest BCUT2D eigenvalue weighted by molar-refractivity contribution is 5.81. The van der Waals surface area contributed by atoms with Gasteiger partial charge in [-0.15, -0.1) is 0 Å². The predicted molar refractivity (Wildman–Crippen MR) is 71.5 cm³/mol. The minimum Gasteiger partial charge on any atom is -0.481 e. The molecule has 1 aromatic rings. The molecule has 0 N–H and O–H groups in total. The minimum absolute atomic E-state index is 0.113. The van der Waals surface area contributed by atoms with Crippen molar-refractivity contribution in [3.05, 3.63) is 17.6 Å². The lowest BCUT2D eigenvalue weighted by Crippen LogP contribution is -2.40. The summed E-state index contributed by atoms with van der Waals surface area (Å²) in [6.45, 7) is 2.06. The Balaban J connectivity index is 1.73. The maximum atomic E-state index is 12.4. The molecular weight excluding hydrogens is 258 g/mol. The third kappa shape index (κ3) is 2.47. The second-order valence-electron chi connectivity index (χ2n) is 5.14. The van der Waals surface area contributed by atoms with Crippen LogP contribution < -0.4 is 4.74 Å². The van der Waals surface area contributed by atoms with Crippen molar-refractivity contribution < 1.29 is 14.3 Å². The van der Waals surface area contributed by atoms with Gasteiger partial charge < -0.3 is 14.4 Å². The summed E-state index contributed by atoms with van der Waals surface area (Å²) in [5.74, 6) is 0.739. The maximum Gasteiger partial charge on any atom is 0.251 e. The monoisotopic (exact) mass is 277 g/mol. The second kappa shape index (κ2) is 5.75. The van der Waals surface area contributed by atoms with Crippen LogP contribution in [0.4, 0.5) is 0 Å². The molecule has 1 aromatic heterocycles. The molecule has 0 aliphatic carbocycles. The third-order valence-corrected chi connectivity index (χ3v) is 3.96. The number of nitrogens with zero attached hydrogens (tertiary/aromatic N) is 3. The van der Waals surface area contributed by atoms with E-state index in [1.54, 1.807) is 7.11 Å². The number of carbonyl (C=O) groups excluding carboxylic acids is 1. The Morgan fingerprint density at radius 1 is 1.40 bits per heavy atom. The van der Waals surface area contributed by atoms with Crippen molar-refractivity contribution in [2.75, 3.05) is 26.8 Å². The summed E-state index contributed by atoms with van der Waals surface area (Å²) >= 11 is 0. The van der Waals surface area contributed by atoms with E-state index >= 15 is 0 Å². The Bertz CT molecular complexity index is 500. The highest BCUT2D eigenvalue weighted by atomic mass is 16.5. The van der Waals surface area contributed by atoms with Gasteiger partial charge in [0.1, 0.15) is 12.4 Å². The van der Waals surface area contributed by atoms with Gasteiger partial charge in [0.25, 0.3) is 5.91 Å². The zero-order chi connectivity index (χ0) is 13.9. The van der Waals surface area contributed by atoms with E-state index in [0.717, 1.165) is 36.9 Å². The molecule has 6 heteroatoms. The number of amides is 1. The lowest BCUT2D eigenvalue weighted by atomic mass is 10.1. The van der Waals surface area contributed by atoms with E-state index in [0.29, 0.717) is 25.6 Å². The van der Waals surface area contributed by atoms with E-state index < -0.39 is 0 Å². The molecular formula is C14H19N3O3. The lowest BCUT2D eigenvalue weighted by Gasteiger charge is -2.23. The number of methoxy groups -OCH3 is 1. The molecule has 0 radical (unpaired) electrons.